The Morgan fingerprint density at radius 1 is 1.30 bits per heavy atom. The van der Waals surface area contributed by atoms with Gasteiger partial charge in [-0.2, -0.15) is 0 Å². The van der Waals surface area contributed by atoms with Crippen LogP contribution in [0.2, 0.25) is 0 Å². The lowest BCUT2D eigenvalue weighted by Crippen LogP contribution is -2.45. The number of pyridine rings is 1. The molecule has 108 valence electrons. The van der Waals surface area contributed by atoms with Gasteiger partial charge in [-0.05, 0) is 37.8 Å². The third kappa shape index (κ3) is 3.96. The molecule has 5 heteroatoms. The highest BCUT2D eigenvalue weighted by Gasteiger charge is 2.31. The molecule has 2 aliphatic rings. The number of carbonyl (C=O) groups excluding carboxylic acids is 1. The molecule has 0 aromatic carbocycles. The maximum Gasteiger partial charge on any atom is 0.230 e. The Bertz CT molecular complexity index is 442. The van der Waals surface area contributed by atoms with Gasteiger partial charge in [-0.25, -0.2) is 4.98 Å². The first-order chi connectivity index (χ1) is 9.81. The molecule has 0 bridgehead atoms. The Labute approximate surface area is 124 Å². The molecule has 1 aromatic rings. The average Bonchev–Trinajstić information content (AvgIpc) is 3.32. The Kier molecular flexibility index (Phi) is 4.58. The predicted octanol–water partition coefficient (Wildman–Crippen LogP) is 1.92. The molecule has 1 saturated carbocycles. The molecule has 1 aliphatic heterocycles. The molecule has 3 rings (SSSR count). The van der Waals surface area contributed by atoms with Gasteiger partial charge in [0.1, 0.15) is 0 Å². The number of nitrogens with one attached hydrogen (secondary N) is 1. The third-order valence-corrected chi connectivity index (χ3v) is 4.89. The molecule has 2 fully saturated rings. The van der Waals surface area contributed by atoms with Gasteiger partial charge >= 0.3 is 0 Å². The second-order valence-electron chi connectivity index (χ2n) is 5.57. The van der Waals surface area contributed by atoms with Crippen LogP contribution in [0.25, 0.3) is 0 Å². The summed E-state index contributed by atoms with van der Waals surface area (Å²) in [6.45, 7) is 2.28. The Morgan fingerprint density at radius 3 is 2.75 bits per heavy atom. The van der Waals surface area contributed by atoms with Crippen LogP contribution in [-0.4, -0.2) is 46.7 Å². The van der Waals surface area contributed by atoms with E-state index in [-0.39, 0.29) is 5.91 Å². The van der Waals surface area contributed by atoms with Gasteiger partial charge in [0.15, 0.2) is 0 Å². The molecular weight excluding hydrogens is 270 g/mol. The number of piperidine rings is 1. The SMILES string of the molecule is O=C(CSc1ccccn1)NC1CCN(C2CC2)CC1. The molecule has 1 saturated heterocycles. The van der Waals surface area contributed by atoms with Gasteiger partial charge in [0.2, 0.25) is 5.91 Å². The molecule has 0 atom stereocenters. The van der Waals surface area contributed by atoms with E-state index in [0.717, 1.165) is 37.0 Å². The van der Waals surface area contributed by atoms with Crippen molar-refractivity contribution in [3.63, 3.8) is 0 Å². The first-order valence-electron chi connectivity index (χ1n) is 7.38. The minimum Gasteiger partial charge on any atom is -0.353 e. The first kappa shape index (κ1) is 13.9. The fraction of sp³-hybridized carbons (Fsp3) is 0.600. The monoisotopic (exact) mass is 291 g/mol. The smallest absolute Gasteiger partial charge is 0.230 e. The summed E-state index contributed by atoms with van der Waals surface area (Å²) in [7, 11) is 0. The van der Waals surface area contributed by atoms with Crippen molar-refractivity contribution in [1.82, 2.24) is 15.2 Å². The van der Waals surface area contributed by atoms with Crippen LogP contribution in [0, 0.1) is 0 Å². The summed E-state index contributed by atoms with van der Waals surface area (Å²) in [5.41, 5.74) is 0. The van der Waals surface area contributed by atoms with Crippen molar-refractivity contribution in [2.75, 3.05) is 18.8 Å². The van der Waals surface area contributed by atoms with Crippen LogP contribution in [0.15, 0.2) is 29.4 Å². The van der Waals surface area contributed by atoms with E-state index >= 15 is 0 Å². The number of rotatable bonds is 5. The van der Waals surface area contributed by atoms with Crippen molar-refractivity contribution >= 4 is 17.7 Å². The lowest BCUT2D eigenvalue weighted by atomic mass is 10.1. The van der Waals surface area contributed by atoms with Crippen LogP contribution in [0.5, 0.6) is 0 Å². The maximum atomic E-state index is 11.9. The molecule has 1 N–H and O–H groups in total. The molecule has 0 radical (unpaired) electrons. The van der Waals surface area contributed by atoms with Crippen LogP contribution in [-0.2, 0) is 4.79 Å². The summed E-state index contributed by atoms with van der Waals surface area (Å²) < 4.78 is 0. The molecule has 0 unspecified atom stereocenters. The van der Waals surface area contributed by atoms with Gasteiger partial charge in [-0.1, -0.05) is 17.8 Å². The molecule has 20 heavy (non-hydrogen) atoms. The summed E-state index contributed by atoms with van der Waals surface area (Å²) in [6, 6.07) is 6.98. The Hall–Kier alpha value is -1.07. The quantitative estimate of drug-likeness (QED) is 0.842. The second kappa shape index (κ2) is 6.59. The Morgan fingerprint density at radius 2 is 2.10 bits per heavy atom. The lowest BCUT2D eigenvalue weighted by molar-refractivity contribution is -0.119. The van der Waals surface area contributed by atoms with E-state index in [4.69, 9.17) is 0 Å². The molecule has 4 nitrogen and oxygen atoms in total. The number of likely N-dealkylation sites (tertiary alicyclic amines) is 1. The summed E-state index contributed by atoms with van der Waals surface area (Å²) in [5, 5.41) is 4.06. The van der Waals surface area contributed by atoms with Gasteiger partial charge in [0.25, 0.3) is 0 Å². The highest BCUT2D eigenvalue weighted by Crippen LogP contribution is 2.29. The number of carbonyl (C=O) groups is 1. The molecular formula is C15H21N3OS. The summed E-state index contributed by atoms with van der Waals surface area (Å²) in [5.74, 6) is 0.588. The van der Waals surface area contributed by atoms with Gasteiger partial charge in [-0.15, -0.1) is 0 Å². The van der Waals surface area contributed by atoms with Crippen molar-refractivity contribution in [1.29, 1.82) is 0 Å². The second-order valence-corrected chi connectivity index (χ2v) is 6.56. The number of thioether (sulfide) groups is 1. The Balaban J connectivity index is 1.36. The van der Waals surface area contributed by atoms with E-state index in [2.05, 4.69) is 15.2 Å². The maximum absolute atomic E-state index is 11.9. The topological polar surface area (TPSA) is 45.2 Å². The van der Waals surface area contributed by atoms with E-state index in [1.165, 1.54) is 24.6 Å². The zero-order valence-corrected chi connectivity index (χ0v) is 12.4. The first-order valence-corrected chi connectivity index (χ1v) is 8.37. The van der Waals surface area contributed by atoms with Gasteiger partial charge in [-0.3, -0.25) is 4.79 Å². The minimum atomic E-state index is 0.130. The molecule has 1 amide bonds. The van der Waals surface area contributed by atoms with Crippen molar-refractivity contribution < 1.29 is 4.79 Å². The number of nitrogens with zero attached hydrogens (tertiary/aromatic N) is 2. The van der Waals surface area contributed by atoms with Crippen molar-refractivity contribution in [2.45, 2.75) is 42.8 Å². The standard InChI is InChI=1S/C15H21N3OS/c19-14(11-20-15-3-1-2-8-16-15)17-12-6-9-18(10-7-12)13-4-5-13/h1-3,8,12-13H,4-7,9-11H2,(H,17,19). The molecule has 1 aromatic heterocycles. The van der Waals surface area contributed by atoms with Gasteiger partial charge in [0, 0.05) is 31.4 Å². The van der Waals surface area contributed by atoms with Gasteiger partial charge in [0.05, 0.1) is 10.8 Å². The number of amides is 1. The normalized spacial score (nSPS) is 20.8. The summed E-state index contributed by atoms with van der Waals surface area (Å²) in [6.07, 6.45) is 6.69. The fourth-order valence-electron chi connectivity index (χ4n) is 2.69. The predicted molar refractivity (Wildman–Crippen MR) is 80.7 cm³/mol. The zero-order chi connectivity index (χ0) is 13.8. The van der Waals surface area contributed by atoms with E-state index in [9.17, 15) is 4.79 Å². The highest BCUT2D eigenvalue weighted by molar-refractivity contribution is 7.99. The minimum absolute atomic E-state index is 0.130. The average molecular weight is 291 g/mol. The van der Waals surface area contributed by atoms with Crippen LogP contribution < -0.4 is 5.32 Å². The zero-order valence-electron chi connectivity index (χ0n) is 11.6. The van der Waals surface area contributed by atoms with Crippen LogP contribution in [0.1, 0.15) is 25.7 Å². The summed E-state index contributed by atoms with van der Waals surface area (Å²) >= 11 is 1.50. The number of hydrogen-bond donors (Lipinski definition) is 1. The van der Waals surface area contributed by atoms with E-state index in [1.807, 2.05) is 18.2 Å². The van der Waals surface area contributed by atoms with Crippen molar-refractivity contribution in [3.8, 4) is 0 Å². The van der Waals surface area contributed by atoms with E-state index < -0.39 is 0 Å². The van der Waals surface area contributed by atoms with Crippen LogP contribution in [0.3, 0.4) is 0 Å². The van der Waals surface area contributed by atoms with Crippen molar-refractivity contribution in [2.24, 2.45) is 0 Å². The number of aromatic nitrogens is 1. The molecule has 2 heterocycles. The third-order valence-electron chi connectivity index (χ3n) is 3.95. The van der Waals surface area contributed by atoms with Crippen molar-refractivity contribution in [3.05, 3.63) is 24.4 Å². The van der Waals surface area contributed by atoms with Crippen LogP contribution >= 0.6 is 11.8 Å². The summed E-state index contributed by atoms with van der Waals surface area (Å²) in [4.78, 5) is 18.7. The fourth-order valence-corrected chi connectivity index (χ4v) is 3.36. The molecule has 0 spiro atoms. The lowest BCUT2D eigenvalue weighted by Gasteiger charge is -2.32. The van der Waals surface area contributed by atoms with Crippen LogP contribution in [0.4, 0.5) is 0 Å². The number of hydrogen-bond acceptors (Lipinski definition) is 4. The van der Waals surface area contributed by atoms with E-state index in [0.29, 0.717) is 11.8 Å². The largest absolute Gasteiger partial charge is 0.353 e. The molecule has 1 aliphatic carbocycles. The highest BCUT2D eigenvalue weighted by atomic mass is 32.2. The van der Waals surface area contributed by atoms with E-state index in [1.54, 1.807) is 6.20 Å². The van der Waals surface area contributed by atoms with Gasteiger partial charge < -0.3 is 10.2 Å².